The summed E-state index contributed by atoms with van der Waals surface area (Å²) in [6.07, 6.45) is 0. The van der Waals surface area contributed by atoms with Crippen LogP contribution < -0.4 is 25.8 Å². The Kier molecular flexibility index (Phi) is 3.76. The number of ether oxygens (including phenoxy) is 2. The number of nitrogens with one attached hydrogen (secondary N) is 2. The Labute approximate surface area is 132 Å². The van der Waals surface area contributed by atoms with Gasteiger partial charge in [-0.1, -0.05) is 6.07 Å². The van der Waals surface area contributed by atoms with E-state index in [4.69, 9.17) is 15.2 Å². The number of aryl methyl sites for hydroxylation is 1. The summed E-state index contributed by atoms with van der Waals surface area (Å²) in [6.45, 7) is 2.02. The van der Waals surface area contributed by atoms with Crippen molar-refractivity contribution in [3.8, 4) is 11.5 Å². The first-order chi connectivity index (χ1) is 11.0. The minimum Gasteiger partial charge on any atom is -0.454 e. The van der Waals surface area contributed by atoms with E-state index >= 15 is 0 Å². The first-order valence-corrected chi connectivity index (χ1v) is 6.91. The van der Waals surface area contributed by atoms with E-state index in [1.54, 1.807) is 36.4 Å². The smallest absolute Gasteiger partial charge is 0.314 e. The van der Waals surface area contributed by atoms with Gasteiger partial charge in [0, 0.05) is 11.8 Å². The van der Waals surface area contributed by atoms with Crippen molar-refractivity contribution in [2.45, 2.75) is 6.92 Å². The van der Waals surface area contributed by atoms with Gasteiger partial charge in [0.2, 0.25) is 6.79 Å². The fourth-order valence-corrected chi connectivity index (χ4v) is 2.14. The lowest BCUT2D eigenvalue weighted by atomic mass is 10.2. The highest BCUT2D eigenvalue weighted by atomic mass is 16.7. The molecule has 1 aliphatic rings. The molecule has 0 fully saturated rings. The predicted octanol–water partition coefficient (Wildman–Crippen LogP) is 1.88. The van der Waals surface area contributed by atoms with E-state index in [1.807, 2.05) is 6.92 Å². The molecule has 0 bridgehead atoms. The Balaban J connectivity index is 1.67. The lowest BCUT2D eigenvalue weighted by Crippen LogP contribution is -2.29. The third kappa shape index (κ3) is 3.18. The molecule has 0 aromatic heterocycles. The van der Waals surface area contributed by atoms with Crippen LogP contribution in [-0.4, -0.2) is 18.6 Å². The zero-order valence-corrected chi connectivity index (χ0v) is 12.4. The summed E-state index contributed by atoms with van der Waals surface area (Å²) in [5.74, 6) is -0.493. The van der Waals surface area contributed by atoms with Gasteiger partial charge >= 0.3 is 11.8 Å². The molecule has 23 heavy (non-hydrogen) atoms. The molecule has 2 amide bonds. The van der Waals surface area contributed by atoms with Crippen LogP contribution >= 0.6 is 0 Å². The minimum atomic E-state index is -0.807. The maximum atomic E-state index is 12.0. The summed E-state index contributed by atoms with van der Waals surface area (Å²) in [7, 11) is 0. The van der Waals surface area contributed by atoms with Crippen LogP contribution in [-0.2, 0) is 9.59 Å². The molecule has 1 heterocycles. The first kappa shape index (κ1) is 14.7. The molecule has 0 atom stereocenters. The number of carbonyl (C=O) groups is 2. The third-order valence-electron chi connectivity index (χ3n) is 3.29. The van der Waals surface area contributed by atoms with E-state index in [0.29, 0.717) is 28.6 Å². The second kappa shape index (κ2) is 5.88. The van der Waals surface area contributed by atoms with Crippen molar-refractivity contribution >= 4 is 28.9 Å². The average Bonchev–Trinajstić information content (AvgIpc) is 2.97. The third-order valence-corrected chi connectivity index (χ3v) is 3.29. The molecule has 118 valence electrons. The highest BCUT2D eigenvalue weighted by Gasteiger charge is 2.18. The highest BCUT2D eigenvalue weighted by molar-refractivity contribution is 6.43. The summed E-state index contributed by atoms with van der Waals surface area (Å²) >= 11 is 0. The molecule has 2 aromatic carbocycles. The highest BCUT2D eigenvalue weighted by Crippen LogP contribution is 2.34. The predicted molar refractivity (Wildman–Crippen MR) is 85.4 cm³/mol. The van der Waals surface area contributed by atoms with Crippen LogP contribution in [0.1, 0.15) is 5.56 Å². The molecular formula is C16H15N3O4. The Hall–Kier alpha value is -3.22. The van der Waals surface area contributed by atoms with Crippen molar-refractivity contribution in [1.29, 1.82) is 0 Å². The van der Waals surface area contributed by atoms with Gasteiger partial charge in [0.25, 0.3) is 0 Å². The van der Waals surface area contributed by atoms with E-state index in [9.17, 15) is 9.59 Å². The number of carbonyl (C=O) groups excluding carboxylic acids is 2. The molecule has 3 rings (SSSR count). The topological polar surface area (TPSA) is 103 Å². The lowest BCUT2D eigenvalue weighted by molar-refractivity contribution is -0.132. The fraction of sp³-hybridized carbons (Fsp3) is 0.125. The molecule has 7 nitrogen and oxygen atoms in total. The second-order valence-electron chi connectivity index (χ2n) is 5.07. The zero-order chi connectivity index (χ0) is 16.4. The molecule has 0 saturated heterocycles. The Morgan fingerprint density at radius 1 is 1.00 bits per heavy atom. The van der Waals surface area contributed by atoms with Gasteiger partial charge in [-0.2, -0.15) is 0 Å². The molecular weight excluding hydrogens is 298 g/mol. The normalized spacial score (nSPS) is 11.9. The van der Waals surface area contributed by atoms with Crippen LogP contribution in [0.15, 0.2) is 36.4 Å². The first-order valence-electron chi connectivity index (χ1n) is 6.91. The maximum Gasteiger partial charge on any atom is 0.314 e. The Bertz CT molecular complexity index is 789. The van der Waals surface area contributed by atoms with Crippen molar-refractivity contribution in [3.63, 3.8) is 0 Å². The van der Waals surface area contributed by atoms with Gasteiger partial charge in [0.05, 0.1) is 11.4 Å². The zero-order valence-electron chi connectivity index (χ0n) is 12.4. The molecule has 0 aliphatic carbocycles. The molecule has 0 saturated carbocycles. The molecule has 7 heteroatoms. The number of nitrogen functional groups attached to an aromatic ring is 1. The van der Waals surface area contributed by atoms with Crippen LogP contribution in [0.25, 0.3) is 0 Å². The standard InChI is InChI=1S/C16H15N3O4/c1-9-2-4-12(11(17)6-9)19-16(21)15(20)18-10-3-5-13-14(7-10)23-8-22-13/h2-7H,8,17H2,1H3,(H,18,20)(H,19,21). The number of hydrogen-bond donors (Lipinski definition) is 3. The quantitative estimate of drug-likeness (QED) is 0.580. The molecule has 2 aromatic rings. The van der Waals surface area contributed by atoms with Crippen LogP contribution in [0.3, 0.4) is 0 Å². The number of rotatable bonds is 2. The molecule has 1 aliphatic heterocycles. The van der Waals surface area contributed by atoms with Gasteiger partial charge in [0.1, 0.15) is 0 Å². The Morgan fingerprint density at radius 2 is 1.74 bits per heavy atom. The van der Waals surface area contributed by atoms with Crippen LogP contribution in [0, 0.1) is 6.92 Å². The summed E-state index contributed by atoms with van der Waals surface area (Å²) in [5, 5.41) is 4.97. The molecule has 0 unspecified atom stereocenters. The lowest BCUT2D eigenvalue weighted by Gasteiger charge is -2.09. The van der Waals surface area contributed by atoms with Crippen molar-refractivity contribution in [2.75, 3.05) is 23.2 Å². The largest absolute Gasteiger partial charge is 0.454 e. The van der Waals surface area contributed by atoms with E-state index in [-0.39, 0.29) is 6.79 Å². The number of anilines is 3. The summed E-state index contributed by atoms with van der Waals surface area (Å²) in [4.78, 5) is 23.9. The maximum absolute atomic E-state index is 12.0. The van der Waals surface area contributed by atoms with E-state index in [2.05, 4.69) is 10.6 Å². The minimum absolute atomic E-state index is 0.139. The summed E-state index contributed by atoms with van der Waals surface area (Å²) in [5.41, 5.74) is 7.99. The SMILES string of the molecule is Cc1ccc(NC(=O)C(=O)Nc2ccc3c(c2)OCO3)c(N)c1. The number of benzene rings is 2. The number of hydrogen-bond acceptors (Lipinski definition) is 5. The van der Waals surface area contributed by atoms with E-state index in [0.717, 1.165) is 5.56 Å². The van der Waals surface area contributed by atoms with E-state index in [1.165, 1.54) is 0 Å². The van der Waals surface area contributed by atoms with Crippen LogP contribution in [0.5, 0.6) is 11.5 Å². The molecule has 0 spiro atoms. The summed E-state index contributed by atoms with van der Waals surface area (Å²) in [6, 6.07) is 10.0. The Morgan fingerprint density at radius 3 is 2.52 bits per heavy atom. The van der Waals surface area contributed by atoms with Gasteiger partial charge in [-0.25, -0.2) is 0 Å². The van der Waals surface area contributed by atoms with Crippen molar-refractivity contribution < 1.29 is 19.1 Å². The van der Waals surface area contributed by atoms with Crippen molar-refractivity contribution in [2.24, 2.45) is 0 Å². The van der Waals surface area contributed by atoms with Crippen LogP contribution in [0.2, 0.25) is 0 Å². The van der Waals surface area contributed by atoms with Crippen molar-refractivity contribution in [3.05, 3.63) is 42.0 Å². The van der Waals surface area contributed by atoms with Gasteiger partial charge in [-0.15, -0.1) is 0 Å². The summed E-state index contributed by atoms with van der Waals surface area (Å²) < 4.78 is 10.4. The van der Waals surface area contributed by atoms with Gasteiger partial charge in [-0.05, 0) is 36.8 Å². The van der Waals surface area contributed by atoms with Crippen LogP contribution in [0.4, 0.5) is 17.1 Å². The molecule has 0 radical (unpaired) electrons. The van der Waals surface area contributed by atoms with Gasteiger partial charge < -0.3 is 25.8 Å². The average molecular weight is 313 g/mol. The van der Waals surface area contributed by atoms with Crippen molar-refractivity contribution in [1.82, 2.24) is 0 Å². The van der Waals surface area contributed by atoms with Gasteiger partial charge in [0.15, 0.2) is 11.5 Å². The number of fused-ring (bicyclic) bond motifs is 1. The van der Waals surface area contributed by atoms with Gasteiger partial charge in [-0.3, -0.25) is 9.59 Å². The second-order valence-corrected chi connectivity index (χ2v) is 5.07. The van der Waals surface area contributed by atoms with E-state index < -0.39 is 11.8 Å². The number of nitrogens with two attached hydrogens (primary N) is 1. The monoisotopic (exact) mass is 313 g/mol. The number of amides is 2. The fourth-order valence-electron chi connectivity index (χ4n) is 2.14. The molecule has 4 N–H and O–H groups in total.